The van der Waals surface area contributed by atoms with E-state index in [1.54, 1.807) is 12.1 Å². The van der Waals surface area contributed by atoms with Gasteiger partial charge in [0.15, 0.2) is 0 Å². The summed E-state index contributed by atoms with van der Waals surface area (Å²) in [6.07, 6.45) is 5.01. The van der Waals surface area contributed by atoms with Crippen molar-refractivity contribution in [2.45, 2.75) is 33.1 Å². The van der Waals surface area contributed by atoms with Gasteiger partial charge in [0.05, 0.1) is 11.3 Å². The fraction of sp³-hybridized carbons (Fsp3) is 0.368. The van der Waals surface area contributed by atoms with Crippen LogP contribution >= 0.6 is 11.6 Å². The van der Waals surface area contributed by atoms with Gasteiger partial charge in [0.1, 0.15) is 5.69 Å². The SMILES string of the molecule is CC(C)C1CCc2[nH]cc3c(=O)n(-c4ccc(Cl)cc4)nc-3c2C1. The fourth-order valence-corrected chi connectivity index (χ4v) is 3.75. The molecule has 1 aromatic rings. The number of nitrogens with one attached hydrogen (secondary N) is 1. The molecule has 0 saturated heterocycles. The van der Waals surface area contributed by atoms with Crippen LogP contribution in [0.15, 0.2) is 35.3 Å². The van der Waals surface area contributed by atoms with Crippen LogP contribution < -0.4 is 5.56 Å². The van der Waals surface area contributed by atoms with E-state index >= 15 is 0 Å². The van der Waals surface area contributed by atoms with Crippen molar-refractivity contribution < 1.29 is 0 Å². The first-order chi connectivity index (χ1) is 11.5. The summed E-state index contributed by atoms with van der Waals surface area (Å²) in [4.78, 5) is 16.1. The minimum Gasteiger partial charge on any atom is -0.364 e. The summed E-state index contributed by atoms with van der Waals surface area (Å²) >= 11 is 5.95. The molecule has 1 N–H and O–H groups in total. The standard InChI is InChI=1S/C19H20ClN3O/c1-11(2)12-3-8-17-15(9-12)18-16(10-21-17)19(24)23(22-18)14-6-4-13(20)5-7-14/h4-7,10-12,21H,3,8-9H2,1-2H3. The molecule has 124 valence electrons. The average Bonchev–Trinajstić information content (AvgIpc) is 2.92. The quantitative estimate of drug-likeness (QED) is 0.763. The Kier molecular flexibility index (Phi) is 3.72. The van der Waals surface area contributed by atoms with Gasteiger partial charge >= 0.3 is 0 Å². The number of nitrogens with zero attached hydrogens (tertiary/aromatic N) is 2. The molecule has 2 aliphatic heterocycles. The summed E-state index contributed by atoms with van der Waals surface area (Å²) in [6, 6.07) is 7.20. The van der Waals surface area contributed by atoms with Crippen molar-refractivity contribution in [3.63, 3.8) is 0 Å². The molecule has 1 unspecified atom stereocenters. The van der Waals surface area contributed by atoms with Crippen molar-refractivity contribution in [2.24, 2.45) is 11.8 Å². The van der Waals surface area contributed by atoms with Crippen molar-refractivity contribution in [1.29, 1.82) is 0 Å². The van der Waals surface area contributed by atoms with Crippen LogP contribution in [0.2, 0.25) is 5.02 Å². The van der Waals surface area contributed by atoms with Gasteiger partial charge in [0.2, 0.25) is 0 Å². The number of hydrogen-bond acceptors (Lipinski definition) is 2. The summed E-state index contributed by atoms with van der Waals surface area (Å²) in [5.41, 5.74) is 4.59. The number of aryl methyl sites for hydroxylation is 1. The molecule has 4 rings (SSSR count). The fourth-order valence-electron chi connectivity index (χ4n) is 3.62. The zero-order valence-electron chi connectivity index (χ0n) is 13.8. The van der Waals surface area contributed by atoms with E-state index in [4.69, 9.17) is 11.6 Å². The molecule has 0 radical (unpaired) electrons. The van der Waals surface area contributed by atoms with Crippen molar-refractivity contribution in [3.05, 3.63) is 57.1 Å². The first-order valence-corrected chi connectivity index (χ1v) is 8.80. The number of aromatic amines is 1. The topological polar surface area (TPSA) is 50.7 Å². The van der Waals surface area contributed by atoms with E-state index in [9.17, 15) is 4.79 Å². The predicted octanol–water partition coefficient (Wildman–Crippen LogP) is 4.08. The molecule has 0 bridgehead atoms. The molecule has 0 aromatic heterocycles. The number of fused-ring (bicyclic) bond motifs is 3. The summed E-state index contributed by atoms with van der Waals surface area (Å²) in [6.45, 7) is 4.54. The molecule has 1 atom stereocenters. The van der Waals surface area contributed by atoms with Gasteiger partial charge in [-0.2, -0.15) is 9.78 Å². The Hall–Kier alpha value is -2.07. The van der Waals surface area contributed by atoms with Crippen LogP contribution in [0, 0.1) is 11.8 Å². The summed E-state index contributed by atoms with van der Waals surface area (Å²) < 4.78 is 1.48. The van der Waals surface area contributed by atoms with E-state index in [0.29, 0.717) is 22.4 Å². The molecule has 3 aliphatic rings. The lowest BCUT2D eigenvalue weighted by Gasteiger charge is -2.28. The summed E-state index contributed by atoms with van der Waals surface area (Å²) in [5, 5.41) is 5.31. The molecule has 0 spiro atoms. The normalized spacial score (nSPS) is 17.4. The van der Waals surface area contributed by atoms with Gasteiger partial charge < -0.3 is 4.98 Å². The van der Waals surface area contributed by atoms with Crippen LogP contribution in [0.3, 0.4) is 0 Å². The van der Waals surface area contributed by atoms with Crippen LogP contribution in [-0.4, -0.2) is 14.8 Å². The Morgan fingerprint density at radius 2 is 2.04 bits per heavy atom. The summed E-state index contributed by atoms with van der Waals surface area (Å²) in [5.74, 6) is 1.28. The lowest BCUT2D eigenvalue weighted by molar-refractivity contribution is 0.340. The highest BCUT2D eigenvalue weighted by Crippen LogP contribution is 2.34. The maximum absolute atomic E-state index is 12.8. The number of H-pyrrole nitrogens is 1. The van der Waals surface area contributed by atoms with E-state index in [2.05, 4.69) is 23.9 Å². The number of benzene rings is 1. The van der Waals surface area contributed by atoms with E-state index in [0.717, 1.165) is 24.2 Å². The highest BCUT2D eigenvalue weighted by atomic mass is 35.5. The van der Waals surface area contributed by atoms with Crippen LogP contribution in [0.5, 0.6) is 0 Å². The second-order valence-electron chi connectivity index (χ2n) is 6.95. The number of hydrogen-bond donors (Lipinski definition) is 1. The molecule has 4 nitrogen and oxygen atoms in total. The van der Waals surface area contributed by atoms with Gasteiger partial charge in [0, 0.05) is 16.9 Å². The van der Waals surface area contributed by atoms with Crippen molar-refractivity contribution in [2.75, 3.05) is 0 Å². The van der Waals surface area contributed by atoms with Crippen LogP contribution in [-0.2, 0) is 12.8 Å². The van der Waals surface area contributed by atoms with E-state index in [-0.39, 0.29) is 5.56 Å². The number of aromatic nitrogens is 3. The number of halogens is 1. The van der Waals surface area contributed by atoms with Gasteiger partial charge in [-0.05, 0) is 60.9 Å². The Balaban J connectivity index is 1.86. The maximum Gasteiger partial charge on any atom is 0.282 e. The molecule has 2 heterocycles. The van der Waals surface area contributed by atoms with E-state index < -0.39 is 0 Å². The molecule has 5 heteroatoms. The zero-order chi connectivity index (χ0) is 16.8. The third kappa shape index (κ3) is 2.46. The van der Waals surface area contributed by atoms with Gasteiger partial charge in [-0.15, -0.1) is 0 Å². The third-order valence-electron chi connectivity index (χ3n) is 5.16. The second-order valence-corrected chi connectivity index (χ2v) is 7.38. The first-order valence-electron chi connectivity index (χ1n) is 8.42. The van der Waals surface area contributed by atoms with E-state index in [1.165, 1.54) is 22.4 Å². The largest absolute Gasteiger partial charge is 0.364 e. The van der Waals surface area contributed by atoms with Gasteiger partial charge in [-0.25, -0.2) is 0 Å². The monoisotopic (exact) mass is 341 g/mol. The number of pyridine rings is 1. The second kappa shape index (κ2) is 5.78. The molecule has 0 saturated carbocycles. The maximum atomic E-state index is 12.8. The molecular formula is C19H20ClN3O. The molecule has 24 heavy (non-hydrogen) atoms. The van der Waals surface area contributed by atoms with E-state index in [1.807, 2.05) is 18.3 Å². The molecule has 0 amide bonds. The highest BCUT2D eigenvalue weighted by molar-refractivity contribution is 6.30. The van der Waals surface area contributed by atoms with Gasteiger partial charge in [-0.3, -0.25) is 4.79 Å². The molecule has 1 aliphatic carbocycles. The highest BCUT2D eigenvalue weighted by Gasteiger charge is 2.28. The molecule has 1 aromatic carbocycles. The zero-order valence-corrected chi connectivity index (χ0v) is 14.6. The lowest BCUT2D eigenvalue weighted by atomic mass is 9.79. The Morgan fingerprint density at radius 1 is 1.29 bits per heavy atom. The van der Waals surface area contributed by atoms with Gasteiger partial charge in [-0.1, -0.05) is 25.4 Å². The van der Waals surface area contributed by atoms with Crippen LogP contribution in [0.25, 0.3) is 16.9 Å². The lowest BCUT2D eigenvalue weighted by Crippen LogP contribution is -2.21. The van der Waals surface area contributed by atoms with Crippen LogP contribution in [0.4, 0.5) is 0 Å². The minimum absolute atomic E-state index is 0.0851. The smallest absolute Gasteiger partial charge is 0.282 e. The molecule has 0 fully saturated rings. The molecular weight excluding hydrogens is 322 g/mol. The van der Waals surface area contributed by atoms with Crippen molar-refractivity contribution in [1.82, 2.24) is 14.8 Å². The minimum atomic E-state index is -0.0851. The van der Waals surface area contributed by atoms with Crippen molar-refractivity contribution in [3.8, 4) is 16.9 Å². The average molecular weight is 342 g/mol. The summed E-state index contributed by atoms with van der Waals surface area (Å²) in [7, 11) is 0. The van der Waals surface area contributed by atoms with Gasteiger partial charge in [0.25, 0.3) is 5.56 Å². The predicted molar refractivity (Wildman–Crippen MR) is 96.2 cm³/mol. The first kappa shape index (κ1) is 15.5. The van der Waals surface area contributed by atoms with Crippen LogP contribution in [0.1, 0.15) is 31.5 Å². The Bertz CT molecular complexity index is 907. The third-order valence-corrected chi connectivity index (χ3v) is 5.42. The Morgan fingerprint density at radius 3 is 2.75 bits per heavy atom. The Labute approximate surface area is 145 Å². The van der Waals surface area contributed by atoms with Crippen molar-refractivity contribution >= 4 is 11.6 Å². The number of rotatable bonds is 2.